The highest BCUT2D eigenvalue weighted by atomic mass is 19.4. The number of alkyl halides is 3. The summed E-state index contributed by atoms with van der Waals surface area (Å²) >= 11 is 0. The molecule has 0 saturated heterocycles. The molecular weight excluding hydrogens is 315 g/mol. The molecule has 2 N–H and O–H groups in total. The van der Waals surface area contributed by atoms with Gasteiger partial charge in [-0.3, -0.25) is 14.3 Å². The lowest BCUT2D eigenvalue weighted by molar-refractivity contribution is -0.146. The number of nitrogens with one attached hydrogen (secondary N) is 1. The van der Waals surface area contributed by atoms with Crippen LogP contribution < -0.4 is 5.32 Å². The Kier molecular flexibility index (Phi) is 5.79. The summed E-state index contributed by atoms with van der Waals surface area (Å²) in [5, 5.41) is 14.5. The standard InChI is InChI=1S/C14H20F3N3O3/c1-13(2,3)20-11(14(15,16)17)9(8-19-20)12(23)18-7-5-4-6-10(21)22/h8H,4-7H2,1-3H3,(H,18,23)(H,21,22). The molecule has 1 heterocycles. The van der Waals surface area contributed by atoms with Crippen LogP contribution in [-0.4, -0.2) is 33.3 Å². The summed E-state index contributed by atoms with van der Waals surface area (Å²) in [5.74, 6) is -1.83. The van der Waals surface area contributed by atoms with Crippen molar-refractivity contribution in [1.82, 2.24) is 15.1 Å². The second kappa shape index (κ2) is 7.01. The van der Waals surface area contributed by atoms with Crippen LogP contribution in [0.2, 0.25) is 0 Å². The maximum absolute atomic E-state index is 13.3. The fourth-order valence-electron chi connectivity index (χ4n) is 1.99. The maximum Gasteiger partial charge on any atom is 0.433 e. The number of aromatic nitrogens is 2. The Labute approximate surface area is 131 Å². The molecule has 0 fully saturated rings. The zero-order chi connectivity index (χ0) is 17.8. The molecule has 0 aromatic carbocycles. The molecule has 0 saturated carbocycles. The van der Waals surface area contributed by atoms with Gasteiger partial charge < -0.3 is 10.4 Å². The number of rotatable bonds is 6. The lowest BCUT2D eigenvalue weighted by atomic mass is 10.1. The van der Waals surface area contributed by atoms with Crippen molar-refractivity contribution in [2.24, 2.45) is 0 Å². The minimum Gasteiger partial charge on any atom is -0.481 e. The first kappa shape index (κ1) is 19.0. The largest absolute Gasteiger partial charge is 0.481 e. The third-order valence-corrected chi connectivity index (χ3v) is 3.02. The molecule has 0 bridgehead atoms. The van der Waals surface area contributed by atoms with Gasteiger partial charge in [0.25, 0.3) is 5.91 Å². The number of nitrogens with zero attached hydrogens (tertiary/aromatic N) is 2. The van der Waals surface area contributed by atoms with Crippen molar-refractivity contribution < 1.29 is 27.9 Å². The van der Waals surface area contributed by atoms with Crippen molar-refractivity contribution in [3.8, 4) is 0 Å². The van der Waals surface area contributed by atoms with Crippen LogP contribution in [0.15, 0.2) is 6.20 Å². The zero-order valence-electron chi connectivity index (χ0n) is 13.2. The summed E-state index contributed by atoms with van der Waals surface area (Å²) in [6.45, 7) is 4.78. The summed E-state index contributed by atoms with van der Waals surface area (Å²) in [6, 6.07) is 0. The van der Waals surface area contributed by atoms with E-state index in [9.17, 15) is 22.8 Å². The first-order valence-electron chi connectivity index (χ1n) is 7.10. The molecule has 1 rings (SSSR count). The molecule has 1 amide bonds. The minimum atomic E-state index is -4.71. The number of hydrogen-bond acceptors (Lipinski definition) is 3. The number of hydrogen-bond donors (Lipinski definition) is 2. The molecule has 1 aromatic heterocycles. The van der Waals surface area contributed by atoms with Gasteiger partial charge in [-0.25, -0.2) is 0 Å². The SMILES string of the molecule is CC(C)(C)n1ncc(C(=O)NCCCCC(=O)O)c1C(F)(F)F. The smallest absolute Gasteiger partial charge is 0.433 e. The van der Waals surface area contributed by atoms with Crippen LogP contribution in [-0.2, 0) is 16.5 Å². The number of amides is 1. The first-order valence-corrected chi connectivity index (χ1v) is 7.10. The van der Waals surface area contributed by atoms with Crippen LogP contribution in [0.25, 0.3) is 0 Å². The summed E-state index contributed by atoms with van der Waals surface area (Å²) in [7, 11) is 0. The molecular formula is C14H20F3N3O3. The van der Waals surface area contributed by atoms with Gasteiger partial charge >= 0.3 is 12.1 Å². The Morgan fingerprint density at radius 3 is 2.35 bits per heavy atom. The van der Waals surface area contributed by atoms with Crippen molar-refractivity contribution in [3.05, 3.63) is 17.5 Å². The fourth-order valence-corrected chi connectivity index (χ4v) is 1.99. The first-order chi connectivity index (χ1) is 10.4. The van der Waals surface area contributed by atoms with E-state index >= 15 is 0 Å². The average Bonchev–Trinajstić information content (AvgIpc) is 2.82. The van der Waals surface area contributed by atoms with Crippen molar-refractivity contribution in [3.63, 3.8) is 0 Å². The molecule has 9 heteroatoms. The number of carboxylic acids is 1. The van der Waals surface area contributed by atoms with Crippen LogP contribution in [0, 0.1) is 0 Å². The van der Waals surface area contributed by atoms with Gasteiger partial charge in [-0.15, -0.1) is 0 Å². The fraction of sp³-hybridized carbons (Fsp3) is 0.643. The van der Waals surface area contributed by atoms with Crippen LogP contribution >= 0.6 is 0 Å². The van der Waals surface area contributed by atoms with Gasteiger partial charge in [0.15, 0.2) is 5.69 Å². The predicted molar refractivity (Wildman–Crippen MR) is 76.0 cm³/mol. The Hall–Kier alpha value is -2.06. The lowest BCUT2D eigenvalue weighted by Gasteiger charge is -2.23. The zero-order valence-corrected chi connectivity index (χ0v) is 13.2. The highest BCUT2D eigenvalue weighted by molar-refractivity contribution is 5.95. The van der Waals surface area contributed by atoms with Crippen molar-refractivity contribution in [2.75, 3.05) is 6.54 Å². The van der Waals surface area contributed by atoms with Crippen LogP contribution in [0.3, 0.4) is 0 Å². The predicted octanol–water partition coefficient (Wildman–Crippen LogP) is 2.64. The molecule has 0 aliphatic heterocycles. The summed E-state index contributed by atoms with van der Waals surface area (Å²) in [5.41, 5.74) is -2.55. The Bertz CT molecular complexity index is 574. The van der Waals surface area contributed by atoms with Crippen LogP contribution in [0.5, 0.6) is 0 Å². The number of carbonyl (C=O) groups excluding carboxylic acids is 1. The number of carbonyl (C=O) groups is 2. The maximum atomic E-state index is 13.3. The summed E-state index contributed by atoms with van der Waals surface area (Å²) in [6.07, 6.45) is -3.15. The molecule has 0 aliphatic carbocycles. The third-order valence-electron chi connectivity index (χ3n) is 3.02. The molecule has 1 aromatic rings. The minimum absolute atomic E-state index is 0.0500. The highest BCUT2D eigenvalue weighted by Gasteiger charge is 2.42. The van der Waals surface area contributed by atoms with Gasteiger partial charge in [-0.05, 0) is 33.6 Å². The van der Waals surface area contributed by atoms with E-state index in [0.29, 0.717) is 12.8 Å². The van der Waals surface area contributed by atoms with Gasteiger partial charge in [0.1, 0.15) is 0 Å². The topological polar surface area (TPSA) is 84.2 Å². The van der Waals surface area contributed by atoms with Gasteiger partial charge in [0.05, 0.1) is 17.3 Å². The number of aliphatic carboxylic acids is 1. The van der Waals surface area contributed by atoms with Crippen molar-refractivity contribution in [1.29, 1.82) is 0 Å². The van der Waals surface area contributed by atoms with E-state index in [1.807, 2.05) is 0 Å². The van der Waals surface area contributed by atoms with E-state index < -0.39 is 34.8 Å². The third kappa shape index (κ3) is 5.26. The number of halogens is 3. The van der Waals surface area contributed by atoms with Gasteiger partial charge in [-0.2, -0.15) is 18.3 Å². The highest BCUT2D eigenvalue weighted by Crippen LogP contribution is 2.34. The summed E-state index contributed by atoms with van der Waals surface area (Å²) in [4.78, 5) is 22.3. The molecule has 130 valence electrons. The second-order valence-corrected chi connectivity index (χ2v) is 6.09. The van der Waals surface area contributed by atoms with Crippen LogP contribution in [0.1, 0.15) is 56.1 Å². The van der Waals surface area contributed by atoms with E-state index in [1.165, 1.54) is 0 Å². The molecule has 0 aliphatic rings. The monoisotopic (exact) mass is 335 g/mol. The van der Waals surface area contributed by atoms with Gasteiger partial charge in [0, 0.05) is 13.0 Å². The molecule has 0 atom stereocenters. The summed E-state index contributed by atoms with van der Waals surface area (Å²) < 4.78 is 40.6. The van der Waals surface area contributed by atoms with Crippen molar-refractivity contribution in [2.45, 2.75) is 51.7 Å². The molecule has 0 spiro atoms. The van der Waals surface area contributed by atoms with E-state index in [4.69, 9.17) is 5.11 Å². The Balaban J connectivity index is 2.85. The van der Waals surface area contributed by atoms with Crippen molar-refractivity contribution >= 4 is 11.9 Å². The number of carboxylic acid groups (broad SMARTS) is 1. The van der Waals surface area contributed by atoms with E-state index in [2.05, 4.69) is 10.4 Å². The molecule has 6 nitrogen and oxygen atoms in total. The Morgan fingerprint density at radius 2 is 1.87 bits per heavy atom. The Morgan fingerprint density at radius 1 is 1.26 bits per heavy atom. The van der Waals surface area contributed by atoms with E-state index in [-0.39, 0.29) is 13.0 Å². The van der Waals surface area contributed by atoms with E-state index in [0.717, 1.165) is 10.9 Å². The van der Waals surface area contributed by atoms with Gasteiger partial charge in [-0.1, -0.05) is 0 Å². The average molecular weight is 335 g/mol. The van der Waals surface area contributed by atoms with Crippen LogP contribution in [0.4, 0.5) is 13.2 Å². The molecule has 0 unspecified atom stereocenters. The quantitative estimate of drug-likeness (QED) is 0.783. The second-order valence-electron chi connectivity index (χ2n) is 6.09. The van der Waals surface area contributed by atoms with Gasteiger partial charge in [0.2, 0.25) is 0 Å². The molecule has 0 radical (unpaired) electrons. The number of unbranched alkanes of at least 4 members (excludes halogenated alkanes) is 1. The normalized spacial score (nSPS) is 12.3. The lowest BCUT2D eigenvalue weighted by Crippen LogP contribution is -2.32. The molecule has 23 heavy (non-hydrogen) atoms. The van der Waals surface area contributed by atoms with E-state index in [1.54, 1.807) is 20.8 Å².